The normalized spacial score (nSPS) is 36.8. The molecule has 0 unspecified atom stereocenters. The third kappa shape index (κ3) is 2.69. The summed E-state index contributed by atoms with van der Waals surface area (Å²) in [5.74, 6) is 0.116. The molecule has 6 heteroatoms. The number of sulfone groups is 1. The van der Waals surface area contributed by atoms with Crippen molar-refractivity contribution < 1.29 is 18.3 Å². The molecular formula is C12H21NO4S. The van der Waals surface area contributed by atoms with Crippen LogP contribution in [-0.2, 0) is 14.6 Å². The Hall–Kier alpha value is -0.620. The second kappa shape index (κ2) is 4.49. The fourth-order valence-corrected chi connectivity index (χ4v) is 4.19. The van der Waals surface area contributed by atoms with Crippen LogP contribution in [0.25, 0.3) is 0 Å². The minimum absolute atomic E-state index is 0.00882. The molecule has 0 bridgehead atoms. The number of aliphatic hydroxyl groups is 1. The lowest BCUT2D eigenvalue weighted by Crippen LogP contribution is -2.40. The molecule has 2 aliphatic heterocycles. The zero-order chi connectivity index (χ0) is 13.6. The van der Waals surface area contributed by atoms with Crippen LogP contribution in [0.4, 0.5) is 0 Å². The monoisotopic (exact) mass is 275 g/mol. The molecule has 104 valence electrons. The zero-order valence-electron chi connectivity index (χ0n) is 10.9. The lowest BCUT2D eigenvalue weighted by Gasteiger charge is -2.26. The lowest BCUT2D eigenvalue weighted by atomic mass is 9.95. The summed E-state index contributed by atoms with van der Waals surface area (Å²) >= 11 is 0. The average Bonchev–Trinajstić information content (AvgIpc) is 2.53. The molecule has 1 amide bonds. The molecule has 2 rings (SSSR count). The number of hydrogen-bond donors (Lipinski definition) is 1. The van der Waals surface area contributed by atoms with Gasteiger partial charge in [-0.3, -0.25) is 4.79 Å². The van der Waals surface area contributed by atoms with Gasteiger partial charge in [0.05, 0.1) is 17.1 Å². The van der Waals surface area contributed by atoms with Gasteiger partial charge in [0.1, 0.15) is 9.84 Å². The van der Waals surface area contributed by atoms with E-state index in [-0.39, 0.29) is 29.2 Å². The predicted molar refractivity (Wildman–Crippen MR) is 67.7 cm³/mol. The van der Waals surface area contributed by atoms with Crippen molar-refractivity contribution in [2.24, 2.45) is 11.8 Å². The van der Waals surface area contributed by atoms with Crippen LogP contribution in [0.2, 0.25) is 0 Å². The Morgan fingerprint density at radius 2 is 1.89 bits per heavy atom. The molecule has 2 fully saturated rings. The molecule has 18 heavy (non-hydrogen) atoms. The molecule has 2 aliphatic rings. The van der Waals surface area contributed by atoms with Gasteiger partial charge in [0.15, 0.2) is 0 Å². The third-order valence-corrected chi connectivity index (χ3v) is 6.00. The van der Waals surface area contributed by atoms with Gasteiger partial charge in [0.25, 0.3) is 0 Å². The number of β-amino-alcohol motifs (C(OH)–C–C–N with tert-alkyl or cyclic N) is 1. The molecule has 5 nitrogen and oxygen atoms in total. The topological polar surface area (TPSA) is 74.7 Å². The first-order chi connectivity index (χ1) is 8.21. The van der Waals surface area contributed by atoms with E-state index < -0.39 is 15.4 Å². The summed E-state index contributed by atoms with van der Waals surface area (Å²) < 4.78 is 22.7. The molecule has 0 saturated carbocycles. The Morgan fingerprint density at radius 3 is 2.33 bits per heavy atom. The van der Waals surface area contributed by atoms with Gasteiger partial charge < -0.3 is 10.0 Å². The lowest BCUT2D eigenvalue weighted by molar-refractivity contribution is -0.135. The van der Waals surface area contributed by atoms with Crippen molar-refractivity contribution in [3.63, 3.8) is 0 Å². The van der Waals surface area contributed by atoms with Crippen LogP contribution in [0.3, 0.4) is 0 Å². The average molecular weight is 275 g/mol. The summed E-state index contributed by atoms with van der Waals surface area (Å²) in [5, 5.41) is 10.1. The highest BCUT2D eigenvalue weighted by Crippen LogP contribution is 2.30. The van der Waals surface area contributed by atoms with E-state index in [9.17, 15) is 18.3 Å². The number of carbonyl (C=O) groups is 1. The molecule has 0 aliphatic carbocycles. The number of hydrogen-bond acceptors (Lipinski definition) is 4. The van der Waals surface area contributed by atoms with E-state index in [2.05, 4.69) is 0 Å². The van der Waals surface area contributed by atoms with Crippen molar-refractivity contribution >= 4 is 15.7 Å². The minimum atomic E-state index is -2.93. The largest absolute Gasteiger partial charge is 0.388 e. The van der Waals surface area contributed by atoms with Crippen molar-refractivity contribution in [1.29, 1.82) is 0 Å². The van der Waals surface area contributed by atoms with E-state index in [1.165, 1.54) is 0 Å². The first-order valence-corrected chi connectivity index (χ1v) is 8.25. The summed E-state index contributed by atoms with van der Waals surface area (Å²) in [6.45, 7) is 4.60. The molecule has 2 heterocycles. The van der Waals surface area contributed by atoms with E-state index in [1.54, 1.807) is 11.8 Å². The number of rotatable bonds is 1. The smallest absolute Gasteiger partial charge is 0.225 e. The molecule has 0 spiro atoms. The van der Waals surface area contributed by atoms with Crippen molar-refractivity contribution in [2.75, 3.05) is 24.6 Å². The molecule has 1 N–H and O–H groups in total. The van der Waals surface area contributed by atoms with E-state index in [1.807, 2.05) is 6.92 Å². The molecule has 0 aromatic heterocycles. The van der Waals surface area contributed by atoms with Crippen molar-refractivity contribution in [3.05, 3.63) is 0 Å². The number of carbonyl (C=O) groups excluding carboxylic acids is 1. The maximum absolute atomic E-state index is 12.3. The summed E-state index contributed by atoms with van der Waals surface area (Å²) in [6, 6.07) is 0. The standard InChI is InChI=1S/C12H21NO4S/c1-9-7-13(8-12(9,2)15)11(14)10-3-5-18(16,17)6-4-10/h9-10,15H,3-8H2,1-2H3/t9-,12+/m1/s1. The van der Waals surface area contributed by atoms with E-state index >= 15 is 0 Å². The Morgan fingerprint density at radius 1 is 1.33 bits per heavy atom. The molecule has 0 aromatic carbocycles. The Kier molecular flexibility index (Phi) is 3.44. The van der Waals surface area contributed by atoms with Gasteiger partial charge in [-0.1, -0.05) is 6.92 Å². The van der Waals surface area contributed by atoms with Gasteiger partial charge in [-0.15, -0.1) is 0 Å². The van der Waals surface area contributed by atoms with Crippen molar-refractivity contribution in [3.8, 4) is 0 Å². The van der Waals surface area contributed by atoms with Gasteiger partial charge in [-0.25, -0.2) is 8.42 Å². The maximum Gasteiger partial charge on any atom is 0.225 e. The van der Waals surface area contributed by atoms with E-state index in [0.29, 0.717) is 25.9 Å². The number of likely N-dealkylation sites (tertiary alicyclic amines) is 1. The van der Waals surface area contributed by atoms with E-state index in [4.69, 9.17) is 0 Å². The highest BCUT2D eigenvalue weighted by atomic mass is 32.2. The zero-order valence-corrected chi connectivity index (χ0v) is 11.7. The number of amides is 1. The van der Waals surface area contributed by atoms with Gasteiger partial charge in [0, 0.05) is 24.9 Å². The second-order valence-corrected chi connectivity index (χ2v) is 8.21. The van der Waals surface area contributed by atoms with Crippen LogP contribution in [0.15, 0.2) is 0 Å². The predicted octanol–water partition coefficient (Wildman–Crippen LogP) is 0.0405. The molecule has 2 atom stereocenters. The SMILES string of the molecule is C[C@@H]1CN(C(=O)C2CCS(=O)(=O)CC2)C[C@]1(C)O. The molecule has 2 saturated heterocycles. The van der Waals surface area contributed by atoms with Gasteiger partial charge in [-0.05, 0) is 19.8 Å². The Bertz CT molecular complexity index is 429. The summed E-state index contributed by atoms with van der Waals surface area (Å²) in [6.07, 6.45) is 0.850. The summed E-state index contributed by atoms with van der Waals surface area (Å²) in [7, 11) is -2.93. The van der Waals surface area contributed by atoms with Crippen LogP contribution in [0.1, 0.15) is 26.7 Å². The first-order valence-electron chi connectivity index (χ1n) is 6.43. The Balaban J connectivity index is 1.98. The van der Waals surface area contributed by atoms with Crippen molar-refractivity contribution in [2.45, 2.75) is 32.3 Å². The Labute approximate surface area is 108 Å². The second-order valence-electron chi connectivity index (χ2n) is 5.90. The van der Waals surface area contributed by atoms with Crippen LogP contribution >= 0.6 is 0 Å². The van der Waals surface area contributed by atoms with Crippen molar-refractivity contribution in [1.82, 2.24) is 4.90 Å². The van der Waals surface area contributed by atoms with Crippen LogP contribution in [0, 0.1) is 11.8 Å². The molecule has 0 radical (unpaired) electrons. The molecule has 0 aromatic rings. The van der Waals surface area contributed by atoms with Crippen LogP contribution < -0.4 is 0 Å². The maximum atomic E-state index is 12.3. The van der Waals surface area contributed by atoms with E-state index in [0.717, 1.165) is 0 Å². The summed E-state index contributed by atoms with van der Waals surface area (Å²) in [5.41, 5.74) is -0.823. The fraction of sp³-hybridized carbons (Fsp3) is 0.917. The highest BCUT2D eigenvalue weighted by Gasteiger charge is 2.42. The quantitative estimate of drug-likeness (QED) is 0.733. The van der Waals surface area contributed by atoms with Gasteiger partial charge in [0.2, 0.25) is 5.91 Å². The molecular weight excluding hydrogens is 254 g/mol. The summed E-state index contributed by atoms with van der Waals surface area (Å²) in [4.78, 5) is 14.0. The third-order valence-electron chi connectivity index (χ3n) is 4.28. The first kappa shape index (κ1) is 13.8. The number of nitrogens with zero attached hydrogens (tertiary/aromatic N) is 1. The van der Waals surface area contributed by atoms with Crippen LogP contribution in [0.5, 0.6) is 0 Å². The van der Waals surface area contributed by atoms with Gasteiger partial charge >= 0.3 is 0 Å². The fourth-order valence-electron chi connectivity index (χ4n) is 2.70. The van der Waals surface area contributed by atoms with Crippen LogP contribution in [-0.4, -0.2) is 54.5 Å². The highest BCUT2D eigenvalue weighted by molar-refractivity contribution is 7.91. The van der Waals surface area contributed by atoms with Gasteiger partial charge in [-0.2, -0.15) is 0 Å². The minimum Gasteiger partial charge on any atom is -0.388 e.